The van der Waals surface area contributed by atoms with E-state index in [1.807, 2.05) is 5.32 Å². The third kappa shape index (κ3) is 4.09. The summed E-state index contributed by atoms with van der Waals surface area (Å²) < 4.78 is 27.8. The average Bonchev–Trinajstić information content (AvgIpc) is 2.18. The number of non-ortho nitro benzene ring substituents is 1. The second-order valence-electron chi connectivity index (χ2n) is 3.62. The molecule has 0 aliphatic carbocycles. The van der Waals surface area contributed by atoms with Crippen molar-refractivity contribution >= 4 is 27.1 Å². The number of carbonyl (C=O) groups is 1. The molecular formula is C9H10FN3O4S. The quantitative estimate of drug-likeness (QED) is 0.658. The van der Waals surface area contributed by atoms with Gasteiger partial charge in [0, 0.05) is 24.6 Å². The highest BCUT2D eigenvalue weighted by Crippen LogP contribution is 2.21. The van der Waals surface area contributed by atoms with Crippen LogP contribution in [0.2, 0.25) is 0 Å². The number of nitrogens with one attached hydrogen (secondary N) is 1. The van der Waals surface area contributed by atoms with Gasteiger partial charge in [0.15, 0.2) is 0 Å². The number of benzene rings is 1. The van der Waals surface area contributed by atoms with Gasteiger partial charge in [0.25, 0.3) is 5.69 Å². The molecule has 0 spiro atoms. The molecule has 0 heterocycles. The van der Waals surface area contributed by atoms with E-state index in [4.69, 9.17) is 0 Å². The lowest BCUT2D eigenvalue weighted by atomic mass is 10.2. The van der Waals surface area contributed by atoms with Crippen molar-refractivity contribution in [2.75, 3.05) is 17.8 Å². The Morgan fingerprint density at radius 3 is 2.61 bits per heavy atom. The Labute approximate surface area is 102 Å². The van der Waals surface area contributed by atoms with Gasteiger partial charge in [0.2, 0.25) is 0 Å². The van der Waals surface area contributed by atoms with Crippen molar-refractivity contribution < 1.29 is 18.3 Å². The Bertz CT molecular complexity index is 614. The first kappa shape index (κ1) is 14.0. The van der Waals surface area contributed by atoms with Crippen LogP contribution in [0.1, 0.15) is 0 Å². The zero-order valence-corrected chi connectivity index (χ0v) is 10.4. The number of hydrogen-bond donors (Lipinski definition) is 1. The second kappa shape index (κ2) is 5.08. The summed E-state index contributed by atoms with van der Waals surface area (Å²) in [7, 11) is -2.68. The standard InChI is InChI=1S/C9H10FN3O4S/c1-18(2,17)12-9(14)11-8-5-6(13(15)16)3-4-7(8)10/h3-5H,1-2H3,(H,11,14). The lowest BCUT2D eigenvalue weighted by Crippen LogP contribution is -2.10. The second-order valence-corrected chi connectivity index (χ2v) is 6.17. The van der Waals surface area contributed by atoms with Crippen molar-refractivity contribution in [2.24, 2.45) is 4.36 Å². The Morgan fingerprint density at radius 2 is 2.11 bits per heavy atom. The van der Waals surface area contributed by atoms with Crippen LogP contribution in [0.3, 0.4) is 0 Å². The highest BCUT2D eigenvalue weighted by molar-refractivity contribution is 7.92. The van der Waals surface area contributed by atoms with E-state index in [-0.39, 0.29) is 11.4 Å². The summed E-state index contributed by atoms with van der Waals surface area (Å²) in [6.45, 7) is 0. The van der Waals surface area contributed by atoms with Crippen LogP contribution in [0.25, 0.3) is 0 Å². The highest BCUT2D eigenvalue weighted by atomic mass is 32.2. The van der Waals surface area contributed by atoms with E-state index in [9.17, 15) is 23.5 Å². The predicted octanol–water partition coefficient (Wildman–Crippen LogP) is 1.99. The zero-order chi connectivity index (χ0) is 13.9. The Balaban J connectivity index is 3.05. The van der Waals surface area contributed by atoms with Crippen LogP contribution in [-0.4, -0.2) is 27.7 Å². The van der Waals surface area contributed by atoms with E-state index in [2.05, 4.69) is 4.36 Å². The van der Waals surface area contributed by atoms with Crippen LogP contribution in [0.4, 0.5) is 20.6 Å². The average molecular weight is 275 g/mol. The first-order valence-corrected chi connectivity index (χ1v) is 6.94. The van der Waals surface area contributed by atoms with Gasteiger partial charge in [-0.05, 0) is 6.07 Å². The number of rotatable bonds is 2. The van der Waals surface area contributed by atoms with Crippen LogP contribution < -0.4 is 5.32 Å². The number of halogens is 1. The van der Waals surface area contributed by atoms with E-state index in [1.165, 1.54) is 12.5 Å². The summed E-state index contributed by atoms with van der Waals surface area (Å²) in [6, 6.07) is 1.65. The van der Waals surface area contributed by atoms with Crippen LogP contribution in [0.15, 0.2) is 22.6 Å². The SMILES string of the molecule is CS(C)(=O)=NC(=O)Nc1cc([N+](=O)[O-])ccc1F. The van der Waals surface area contributed by atoms with Gasteiger partial charge in [-0.15, -0.1) is 4.36 Å². The van der Waals surface area contributed by atoms with Gasteiger partial charge in [0.05, 0.1) is 20.3 Å². The van der Waals surface area contributed by atoms with E-state index in [0.29, 0.717) is 0 Å². The molecule has 7 nitrogen and oxygen atoms in total. The van der Waals surface area contributed by atoms with Crippen molar-refractivity contribution in [3.8, 4) is 0 Å². The Morgan fingerprint density at radius 1 is 1.50 bits per heavy atom. The van der Waals surface area contributed by atoms with Gasteiger partial charge in [-0.2, -0.15) is 0 Å². The number of carbonyl (C=O) groups excluding carboxylic acids is 1. The maximum Gasteiger partial charge on any atom is 0.353 e. The van der Waals surface area contributed by atoms with Gasteiger partial charge in [-0.3, -0.25) is 10.1 Å². The molecule has 9 heteroatoms. The minimum atomic E-state index is -2.68. The fraction of sp³-hybridized carbons (Fsp3) is 0.222. The van der Waals surface area contributed by atoms with Gasteiger partial charge in [0.1, 0.15) is 5.82 Å². The predicted molar refractivity (Wildman–Crippen MR) is 64.5 cm³/mol. The molecule has 0 fully saturated rings. The van der Waals surface area contributed by atoms with Crippen molar-refractivity contribution in [3.05, 3.63) is 34.1 Å². The van der Waals surface area contributed by atoms with E-state index in [0.717, 1.165) is 18.2 Å². The molecule has 0 aromatic heterocycles. The summed E-state index contributed by atoms with van der Waals surface area (Å²) in [5.74, 6) is -0.845. The normalized spacial score (nSPS) is 10.8. The lowest BCUT2D eigenvalue weighted by molar-refractivity contribution is -0.384. The topological polar surface area (TPSA) is 102 Å². The fourth-order valence-electron chi connectivity index (χ4n) is 1.06. The molecule has 0 saturated heterocycles. The summed E-state index contributed by atoms with van der Waals surface area (Å²) in [6.07, 6.45) is 2.47. The summed E-state index contributed by atoms with van der Waals surface area (Å²) >= 11 is 0. The summed E-state index contributed by atoms with van der Waals surface area (Å²) in [5, 5.41) is 12.5. The molecule has 1 N–H and O–H groups in total. The Hall–Kier alpha value is -2.03. The smallest absolute Gasteiger partial charge is 0.303 e. The molecule has 1 aromatic carbocycles. The molecule has 0 aliphatic heterocycles. The molecule has 1 aromatic rings. The molecule has 0 unspecified atom stereocenters. The van der Waals surface area contributed by atoms with Gasteiger partial charge in [-0.1, -0.05) is 0 Å². The Kier molecular flexibility index (Phi) is 3.96. The number of amides is 2. The molecule has 0 radical (unpaired) electrons. The zero-order valence-electron chi connectivity index (χ0n) is 9.55. The largest absolute Gasteiger partial charge is 0.353 e. The molecule has 0 saturated carbocycles. The van der Waals surface area contributed by atoms with E-state index >= 15 is 0 Å². The number of anilines is 1. The molecule has 98 valence electrons. The van der Waals surface area contributed by atoms with Crippen molar-refractivity contribution in [1.29, 1.82) is 0 Å². The number of nitro benzene ring substituents is 1. The van der Waals surface area contributed by atoms with Crippen molar-refractivity contribution in [1.82, 2.24) is 0 Å². The van der Waals surface area contributed by atoms with Gasteiger partial charge >= 0.3 is 6.03 Å². The molecule has 0 aliphatic rings. The van der Waals surface area contributed by atoms with Crippen LogP contribution in [0.5, 0.6) is 0 Å². The lowest BCUT2D eigenvalue weighted by Gasteiger charge is -2.03. The van der Waals surface area contributed by atoms with Crippen molar-refractivity contribution in [2.45, 2.75) is 0 Å². The third-order valence-electron chi connectivity index (χ3n) is 1.71. The van der Waals surface area contributed by atoms with E-state index < -0.39 is 26.5 Å². The molecule has 2 amide bonds. The fourth-order valence-corrected chi connectivity index (χ4v) is 1.51. The molecule has 0 bridgehead atoms. The maximum absolute atomic E-state index is 13.3. The third-order valence-corrected chi connectivity index (χ3v) is 2.31. The number of urea groups is 1. The molecule has 18 heavy (non-hydrogen) atoms. The highest BCUT2D eigenvalue weighted by Gasteiger charge is 2.13. The molecule has 1 rings (SSSR count). The van der Waals surface area contributed by atoms with Crippen LogP contribution in [-0.2, 0) is 9.73 Å². The molecule has 0 atom stereocenters. The number of hydrogen-bond acceptors (Lipinski definition) is 4. The monoisotopic (exact) mass is 275 g/mol. The van der Waals surface area contributed by atoms with Gasteiger partial charge in [-0.25, -0.2) is 13.4 Å². The van der Waals surface area contributed by atoms with Crippen molar-refractivity contribution in [3.63, 3.8) is 0 Å². The number of nitrogens with zero attached hydrogens (tertiary/aromatic N) is 2. The number of nitro groups is 1. The maximum atomic E-state index is 13.3. The first-order valence-electron chi connectivity index (χ1n) is 4.61. The minimum absolute atomic E-state index is 0.375. The first-order chi connectivity index (χ1) is 8.19. The van der Waals surface area contributed by atoms with Crippen LogP contribution >= 0.6 is 0 Å². The summed E-state index contributed by atoms with van der Waals surface area (Å²) in [4.78, 5) is 21.0. The molecular weight excluding hydrogens is 265 g/mol. The van der Waals surface area contributed by atoms with Gasteiger partial charge < -0.3 is 5.32 Å². The van der Waals surface area contributed by atoms with Crippen LogP contribution in [0, 0.1) is 15.9 Å². The van der Waals surface area contributed by atoms with E-state index in [1.54, 1.807) is 0 Å². The minimum Gasteiger partial charge on any atom is -0.303 e. The summed E-state index contributed by atoms with van der Waals surface area (Å²) in [5.41, 5.74) is -0.762.